The van der Waals surface area contributed by atoms with E-state index in [1.807, 2.05) is 31.2 Å². The summed E-state index contributed by atoms with van der Waals surface area (Å²) in [5, 5.41) is 0. The monoisotopic (exact) mass is 372 g/mol. The fourth-order valence-corrected chi connectivity index (χ4v) is 3.28. The van der Waals surface area contributed by atoms with Gasteiger partial charge in [-0.3, -0.25) is 9.59 Å². The highest BCUT2D eigenvalue weighted by Gasteiger charge is 2.26. The molecule has 0 N–H and O–H groups in total. The van der Waals surface area contributed by atoms with Crippen molar-refractivity contribution in [3.05, 3.63) is 70.8 Å². The molecule has 1 fully saturated rings. The third-order valence-corrected chi connectivity index (χ3v) is 4.95. The topological polar surface area (TPSA) is 40.6 Å². The molecule has 27 heavy (non-hydrogen) atoms. The van der Waals surface area contributed by atoms with E-state index < -0.39 is 17.5 Å². The molecule has 3 rings (SSSR count). The number of rotatable bonds is 4. The molecule has 0 aliphatic carbocycles. The van der Waals surface area contributed by atoms with E-state index in [0.717, 1.165) is 29.3 Å². The van der Waals surface area contributed by atoms with Gasteiger partial charge in [0.05, 0.1) is 5.56 Å². The van der Waals surface area contributed by atoms with Crippen molar-refractivity contribution in [3.8, 4) is 0 Å². The van der Waals surface area contributed by atoms with Crippen molar-refractivity contribution in [2.75, 3.05) is 26.2 Å². The van der Waals surface area contributed by atoms with Crippen molar-refractivity contribution in [1.82, 2.24) is 9.80 Å². The number of carbonyl (C=O) groups is 2. The molecular formula is C21H22F2N2O2. The summed E-state index contributed by atoms with van der Waals surface area (Å²) in [5.41, 5.74) is 2.05. The number of piperazine rings is 1. The van der Waals surface area contributed by atoms with Crippen LogP contribution in [0.5, 0.6) is 0 Å². The third-order valence-electron chi connectivity index (χ3n) is 4.95. The molecule has 0 atom stereocenters. The fraction of sp³-hybridized carbons (Fsp3) is 0.333. The average molecular weight is 372 g/mol. The van der Waals surface area contributed by atoms with Crippen LogP contribution < -0.4 is 0 Å². The van der Waals surface area contributed by atoms with Crippen LogP contribution in [0.1, 0.15) is 27.9 Å². The Balaban J connectivity index is 1.54. The molecule has 2 aromatic carbocycles. The lowest BCUT2D eigenvalue weighted by Crippen LogP contribution is -2.50. The van der Waals surface area contributed by atoms with Gasteiger partial charge in [0, 0.05) is 32.6 Å². The number of amides is 2. The molecule has 2 aromatic rings. The van der Waals surface area contributed by atoms with Crippen molar-refractivity contribution in [3.63, 3.8) is 0 Å². The molecule has 1 heterocycles. The molecule has 0 radical (unpaired) electrons. The number of hydrogen-bond acceptors (Lipinski definition) is 2. The number of benzene rings is 2. The Hall–Kier alpha value is -2.76. The average Bonchev–Trinajstić information content (AvgIpc) is 2.68. The van der Waals surface area contributed by atoms with Crippen LogP contribution in [0.4, 0.5) is 8.78 Å². The molecule has 1 saturated heterocycles. The van der Waals surface area contributed by atoms with Crippen LogP contribution >= 0.6 is 0 Å². The Morgan fingerprint density at radius 1 is 0.963 bits per heavy atom. The zero-order valence-electron chi connectivity index (χ0n) is 15.3. The molecule has 0 bridgehead atoms. The van der Waals surface area contributed by atoms with E-state index in [1.54, 1.807) is 4.90 Å². The zero-order chi connectivity index (χ0) is 19.4. The highest BCUT2D eigenvalue weighted by Crippen LogP contribution is 2.15. The predicted molar refractivity (Wildman–Crippen MR) is 98.3 cm³/mol. The van der Waals surface area contributed by atoms with Gasteiger partial charge in [0.1, 0.15) is 11.6 Å². The first-order valence-corrected chi connectivity index (χ1v) is 9.02. The van der Waals surface area contributed by atoms with Crippen molar-refractivity contribution in [2.24, 2.45) is 0 Å². The van der Waals surface area contributed by atoms with Crippen LogP contribution in [0, 0.1) is 18.6 Å². The standard InChI is InChI=1S/C21H22F2N2O2/c1-15-4-2-3-5-16(15)6-9-20(26)24-10-12-25(13-11-24)21(27)18-14-17(22)7-8-19(18)23/h2-5,7-8,14H,6,9-13H2,1H3. The summed E-state index contributed by atoms with van der Waals surface area (Å²) in [5.74, 6) is -1.88. The largest absolute Gasteiger partial charge is 0.339 e. The maximum Gasteiger partial charge on any atom is 0.257 e. The van der Waals surface area contributed by atoms with Gasteiger partial charge in [0.15, 0.2) is 0 Å². The summed E-state index contributed by atoms with van der Waals surface area (Å²) in [6, 6.07) is 10.8. The third kappa shape index (κ3) is 4.51. The number of carbonyl (C=O) groups excluding carboxylic acids is 2. The Kier molecular flexibility index (Phi) is 5.84. The lowest BCUT2D eigenvalue weighted by atomic mass is 10.0. The van der Waals surface area contributed by atoms with E-state index in [1.165, 1.54) is 4.90 Å². The minimum Gasteiger partial charge on any atom is -0.339 e. The fourth-order valence-electron chi connectivity index (χ4n) is 3.28. The number of hydrogen-bond donors (Lipinski definition) is 0. The molecule has 1 aliphatic rings. The van der Waals surface area contributed by atoms with Crippen molar-refractivity contribution in [2.45, 2.75) is 19.8 Å². The summed E-state index contributed by atoms with van der Waals surface area (Å²) >= 11 is 0. The lowest BCUT2D eigenvalue weighted by Gasteiger charge is -2.35. The SMILES string of the molecule is Cc1ccccc1CCC(=O)N1CCN(C(=O)c2cc(F)ccc2F)CC1. The Bertz CT molecular complexity index is 846. The van der Waals surface area contributed by atoms with Crippen molar-refractivity contribution >= 4 is 11.8 Å². The van der Waals surface area contributed by atoms with Gasteiger partial charge in [0.2, 0.25) is 5.91 Å². The number of aryl methyl sites for hydroxylation is 2. The molecule has 0 spiro atoms. The lowest BCUT2D eigenvalue weighted by molar-refractivity contribution is -0.132. The zero-order valence-corrected chi connectivity index (χ0v) is 15.3. The maximum absolute atomic E-state index is 13.8. The summed E-state index contributed by atoms with van der Waals surface area (Å²) in [6.07, 6.45) is 1.09. The molecule has 142 valence electrons. The van der Waals surface area contributed by atoms with Gasteiger partial charge in [-0.15, -0.1) is 0 Å². The van der Waals surface area contributed by atoms with E-state index in [9.17, 15) is 18.4 Å². The van der Waals surface area contributed by atoms with Gasteiger partial charge < -0.3 is 9.80 Å². The molecule has 0 aromatic heterocycles. The number of nitrogens with zero attached hydrogens (tertiary/aromatic N) is 2. The first-order chi connectivity index (χ1) is 13.0. The summed E-state index contributed by atoms with van der Waals surface area (Å²) < 4.78 is 27.1. The van der Waals surface area contributed by atoms with Crippen LogP contribution in [-0.4, -0.2) is 47.8 Å². The first-order valence-electron chi connectivity index (χ1n) is 9.02. The second-order valence-corrected chi connectivity index (χ2v) is 6.72. The molecular weight excluding hydrogens is 350 g/mol. The molecule has 1 aliphatic heterocycles. The maximum atomic E-state index is 13.8. The molecule has 0 saturated carbocycles. The van der Waals surface area contributed by atoms with E-state index in [0.29, 0.717) is 39.0 Å². The van der Waals surface area contributed by atoms with Crippen LogP contribution in [0.2, 0.25) is 0 Å². The highest BCUT2D eigenvalue weighted by atomic mass is 19.1. The predicted octanol–water partition coefficient (Wildman–Crippen LogP) is 3.19. The highest BCUT2D eigenvalue weighted by molar-refractivity contribution is 5.94. The van der Waals surface area contributed by atoms with Gasteiger partial charge in [-0.25, -0.2) is 8.78 Å². The summed E-state index contributed by atoms with van der Waals surface area (Å²) in [6.45, 7) is 3.44. The smallest absolute Gasteiger partial charge is 0.257 e. The van der Waals surface area contributed by atoms with Crippen LogP contribution in [0.3, 0.4) is 0 Å². The van der Waals surface area contributed by atoms with Crippen LogP contribution in [0.15, 0.2) is 42.5 Å². The second-order valence-electron chi connectivity index (χ2n) is 6.72. The molecule has 6 heteroatoms. The first kappa shape index (κ1) is 19.0. The van der Waals surface area contributed by atoms with Gasteiger partial charge in [-0.2, -0.15) is 0 Å². The molecule has 2 amide bonds. The van der Waals surface area contributed by atoms with Gasteiger partial charge in [0.25, 0.3) is 5.91 Å². The Morgan fingerprint density at radius 2 is 1.63 bits per heavy atom. The van der Waals surface area contributed by atoms with Gasteiger partial charge in [-0.05, 0) is 42.7 Å². The van der Waals surface area contributed by atoms with Crippen LogP contribution in [0.25, 0.3) is 0 Å². The number of halogens is 2. The Morgan fingerprint density at radius 3 is 2.33 bits per heavy atom. The molecule has 0 unspecified atom stereocenters. The molecule has 4 nitrogen and oxygen atoms in total. The van der Waals surface area contributed by atoms with E-state index in [4.69, 9.17) is 0 Å². The minimum atomic E-state index is -0.738. The van der Waals surface area contributed by atoms with Gasteiger partial charge in [-0.1, -0.05) is 24.3 Å². The second kappa shape index (κ2) is 8.29. The van der Waals surface area contributed by atoms with E-state index in [-0.39, 0.29) is 11.5 Å². The quantitative estimate of drug-likeness (QED) is 0.827. The van der Waals surface area contributed by atoms with Crippen LogP contribution in [-0.2, 0) is 11.2 Å². The summed E-state index contributed by atoms with van der Waals surface area (Å²) in [4.78, 5) is 28.0. The normalized spacial score (nSPS) is 14.3. The van der Waals surface area contributed by atoms with Gasteiger partial charge >= 0.3 is 0 Å². The van der Waals surface area contributed by atoms with Crippen molar-refractivity contribution < 1.29 is 18.4 Å². The summed E-state index contributed by atoms with van der Waals surface area (Å²) in [7, 11) is 0. The minimum absolute atomic E-state index is 0.0438. The van der Waals surface area contributed by atoms with E-state index >= 15 is 0 Å². The van der Waals surface area contributed by atoms with E-state index in [2.05, 4.69) is 0 Å². The Labute approximate surface area is 157 Å². The van der Waals surface area contributed by atoms with Crippen molar-refractivity contribution in [1.29, 1.82) is 0 Å².